The summed E-state index contributed by atoms with van der Waals surface area (Å²) in [6.45, 7) is 10.2. The van der Waals surface area contributed by atoms with Crippen molar-refractivity contribution in [1.29, 1.82) is 0 Å². The van der Waals surface area contributed by atoms with E-state index in [0.717, 1.165) is 65.2 Å². The molecule has 1 rings (SSSR count). The van der Waals surface area contributed by atoms with Crippen molar-refractivity contribution in [2.45, 2.75) is 25.3 Å². The minimum Gasteiger partial charge on any atom is -0.323 e. The summed E-state index contributed by atoms with van der Waals surface area (Å²) in [5.74, 6) is 0. The summed E-state index contributed by atoms with van der Waals surface area (Å²) in [6.07, 6.45) is 2.31. The molecule has 0 saturated carbocycles. The molecule has 0 amide bonds. The fraction of sp³-hybridized carbons (Fsp3) is 1.00. The van der Waals surface area contributed by atoms with Crippen LogP contribution in [0.5, 0.6) is 0 Å². The molecule has 6 N–H and O–H groups in total. The van der Waals surface area contributed by atoms with Gasteiger partial charge in [0, 0.05) is 31.7 Å². The molecule has 1 heterocycles. The van der Waals surface area contributed by atoms with E-state index in [4.69, 9.17) is 5.73 Å². The number of nitrogens with two attached hydrogens (primary N) is 1. The Hall–Kier alpha value is -0.200. The predicted octanol–water partition coefficient (Wildman–Crippen LogP) is -1.14. The van der Waals surface area contributed by atoms with Crippen LogP contribution in [0.2, 0.25) is 0 Å². The van der Waals surface area contributed by atoms with E-state index in [1.54, 1.807) is 0 Å². The van der Waals surface area contributed by atoms with Crippen molar-refractivity contribution in [3.8, 4) is 0 Å². The average molecular weight is 243 g/mol. The predicted molar refractivity (Wildman–Crippen MR) is 73.3 cm³/mol. The summed E-state index contributed by atoms with van der Waals surface area (Å²) >= 11 is 0. The highest BCUT2D eigenvalue weighted by Crippen LogP contribution is 1.94. The molecular weight excluding hydrogens is 214 g/mol. The third kappa shape index (κ3) is 8.51. The second kappa shape index (κ2) is 8.83. The van der Waals surface area contributed by atoms with Crippen molar-refractivity contribution < 1.29 is 0 Å². The Morgan fingerprint density at radius 1 is 0.706 bits per heavy atom. The lowest BCUT2D eigenvalue weighted by molar-refractivity contribution is 0.398. The van der Waals surface area contributed by atoms with Crippen LogP contribution in [0.1, 0.15) is 19.8 Å². The second-order valence-corrected chi connectivity index (χ2v) is 5.21. The maximum absolute atomic E-state index is 6.20. The first kappa shape index (κ1) is 14.9. The van der Waals surface area contributed by atoms with Gasteiger partial charge < -0.3 is 27.0 Å². The number of hydrogen-bond donors (Lipinski definition) is 5. The van der Waals surface area contributed by atoms with Gasteiger partial charge in [0.2, 0.25) is 0 Å². The zero-order valence-corrected chi connectivity index (χ0v) is 11.1. The van der Waals surface area contributed by atoms with Crippen LogP contribution in [0.25, 0.3) is 0 Å². The molecular formula is C12H29N5. The van der Waals surface area contributed by atoms with Gasteiger partial charge in [0.15, 0.2) is 0 Å². The second-order valence-electron chi connectivity index (χ2n) is 5.21. The van der Waals surface area contributed by atoms with Gasteiger partial charge in [0.25, 0.3) is 0 Å². The molecule has 1 saturated heterocycles. The normalized spacial score (nSPS) is 25.8. The summed E-state index contributed by atoms with van der Waals surface area (Å²) in [5.41, 5.74) is 6.05. The van der Waals surface area contributed by atoms with Crippen molar-refractivity contribution in [3.63, 3.8) is 0 Å². The molecule has 0 atom stereocenters. The molecule has 0 aromatic carbocycles. The van der Waals surface area contributed by atoms with E-state index in [2.05, 4.69) is 28.2 Å². The molecule has 0 aliphatic carbocycles. The van der Waals surface area contributed by atoms with Gasteiger partial charge in [-0.15, -0.1) is 0 Å². The van der Waals surface area contributed by atoms with Gasteiger partial charge in [-0.2, -0.15) is 0 Å². The molecule has 5 heteroatoms. The molecule has 0 aromatic rings. The third-order valence-corrected chi connectivity index (χ3v) is 2.95. The van der Waals surface area contributed by atoms with E-state index in [0.29, 0.717) is 0 Å². The standard InChI is InChI=1S/C12H29N5/c1-12(13)10-16-6-2-4-14-8-9-15-5-3-7-17-11-12/h14-17H,2-11,13H2,1H3. The van der Waals surface area contributed by atoms with Crippen molar-refractivity contribution in [2.75, 3.05) is 52.4 Å². The first-order valence-corrected chi connectivity index (χ1v) is 6.82. The Balaban J connectivity index is 2.22. The minimum absolute atomic E-state index is 0.152. The summed E-state index contributed by atoms with van der Waals surface area (Å²) in [4.78, 5) is 0. The van der Waals surface area contributed by atoms with Crippen LogP contribution in [0.4, 0.5) is 0 Å². The third-order valence-electron chi connectivity index (χ3n) is 2.95. The van der Waals surface area contributed by atoms with E-state index < -0.39 is 0 Å². The van der Waals surface area contributed by atoms with Crippen molar-refractivity contribution in [1.82, 2.24) is 21.3 Å². The van der Waals surface area contributed by atoms with Gasteiger partial charge in [-0.1, -0.05) is 0 Å². The highest BCUT2D eigenvalue weighted by molar-refractivity contribution is 4.83. The molecule has 0 radical (unpaired) electrons. The van der Waals surface area contributed by atoms with Crippen LogP contribution in [-0.2, 0) is 0 Å². The number of hydrogen-bond acceptors (Lipinski definition) is 5. The maximum atomic E-state index is 6.20. The molecule has 17 heavy (non-hydrogen) atoms. The molecule has 5 nitrogen and oxygen atoms in total. The lowest BCUT2D eigenvalue weighted by Crippen LogP contribution is -2.53. The highest BCUT2D eigenvalue weighted by Gasteiger charge is 2.16. The van der Waals surface area contributed by atoms with Gasteiger partial charge in [-0.3, -0.25) is 0 Å². The highest BCUT2D eigenvalue weighted by atomic mass is 15.0. The van der Waals surface area contributed by atoms with Crippen LogP contribution in [-0.4, -0.2) is 57.9 Å². The fourth-order valence-electron chi connectivity index (χ4n) is 1.91. The SMILES string of the molecule is CC1(N)CNCCCNCCNCCCNC1. The minimum atomic E-state index is -0.152. The average Bonchev–Trinajstić information content (AvgIpc) is 2.29. The van der Waals surface area contributed by atoms with Crippen molar-refractivity contribution in [2.24, 2.45) is 5.73 Å². The molecule has 102 valence electrons. The van der Waals surface area contributed by atoms with Gasteiger partial charge in [0.1, 0.15) is 0 Å². The quantitative estimate of drug-likeness (QED) is 0.372. The Morgan fingerprint density at radius 2 is 1.12 bits per heavy atom. The summed E-state index contributed by atoms with van der Waals surface area (Å²) in [6, 6.07) is 0. The molecule has 0 unspecified atom stereocenters. The Labute approximate surface area is 105 Å². The Morgan fingerprint density at radius 3 is 1.59 bits per heavy atom. The molecule has 0 spiro atoms. The van der Waals surface area contributed by atoms with E-state index in [9.17, 15) is 0 Å². The first-order chi connectivity index (χ1) is 8.21. The van der Waals surface area contributed by atoms with E-state index in [1.807, 2.05) is 0 Å². The summed E-state index contributed by atoms with van der Waals surface area (Å²) in [7, 11) is 0. The summed E-state index contributed by atoms with van der Waals surface area (Å²) in [5, 5.41) is 13.7. The van der Waals surface area contributed by atoms with Crippen LogP contribution >= 0.6 is 0 Å². The van der Waals surface area contributed by atoms with E-state index >= 15 is 0 Å². The topological polar surface area (TPSA) is 74.1 Å². The van der Waals surface area contributed by atoms with Gasteiger partial charge in [-0.25, -0.2) is 0 Å². The monoisotopic (exact) mass is 243 g/mol. The van der Waals surface area contributed by atoms with Crippen LogP contribution < -0.4 is 27.0 Å². The zero-order chi connectivity index (χ0) is 12.4. The van der Waals surface area contributed by atoms with E-state index in [-0.39, 0.29) is 5.54 Å². The molecule has 0 aromatic heterocycles. The van der Waals surface area contributed by atoms with Gasteiger partial charge in [0.05, 0.1) is 0 Å². The molecule has 1 aliphatic heterocycles. The number of nitrogens with one attached hydrogen (secondary N) is 4. The molecule has 1 fully saturated rings. The van der Waals surface area contributed by atoms with Crippen molar-refractivity contribution >= 4 is 0 Å². The molecule has 1 aliphatic rings. The Kier molecular flexibility index (Phi) is 7.72. The Bertz CT molecular complexity index is 166. The van der Waals surface area contributed by atoms with Gasteiger partial charge >= 0.3 is 0 Å². The summed E-state index contributed by atoms with van der Waals surface area (Å²) < 4.78 is 0. The lowest BCUT2D eigenvalue weighted by Gasteiger charge is -2.25. The molecule has 0 bridgehead atoms. The smallest absolute Gasteiger partial charge is 0.0378 e. The van der Waals surface area contributed by atoms with Crippen LogP contribution in [0, 0.1) is 0 Å². The van der Waals surface area contributed by atoms with Crippen LogP contribution in [0.15, 0.2) is 0 Å². The lowest BCUT2D eigenvalue weighted by atomic mass is 10.0. The maximum Gasteiger partial charge on any atom is 0.0378 e. The zero-order valence-electron chi connectivity index (χ0n) is 11.1. The van der Waals surface area contributed by atoms with Crippen molar-refractivity contribution in [3.05, 3.63) is 0 Å². The van der Waals surface area contributed by atoms with E-state index in [1.165, 1.54) is 0 Å². The first-order valence-electron chi connectivity index (χ1n) is 6.82. The largest absolute Gasteiger partial charge is 0.323 e. The van der Waals surface area contributed by atoms with Crippen LogP contribution in [0.3, 0.4) is 0 Å². The fourth-order valence-corrected chi connectivity index (χ4v) is 1.91. The van der Waals surface area contributed by atoms with Gasteiger partial charge in [-0.05, 0) is 45.9 Å². The number of rotatable bonds is 0.